The van der Waals surface area contributed by atoms with Gasteiger partial charge in [-0.3, -0.25) is 9.58 Å². The largest absolute Gasteiger partial charge is 0.318 e. The van der Waals surface area contributed by atoms with Crippen molar-refractivity contribution in [2.45, 2.75) is 32.7 Å². The molecule has 2 N–H and O–H groups in total. The Bertz CT molecular complexity index is 1420. The van der Waals surface area contributed by atoms with E-state index < -0.39 is 11.6 Å². The highest BCUT2D eigenvalue weighted by Gasteiger charge is 2.20. The number of aromatic nitrogens is 5. The summed E-state index contributed by atoms with van der Waals surface area (Å²) in [6.45, 7) is 7.73. The van der Waals surface area contributed by atoms with Crippen LogP contribution in [0.3, 0.4) is 0 Å². The number of rotatable bonds is 7. The fourth-order valence-electron chi connectivity index (χ4n) is 4.70. The number of nitrogens with zero attached hydrogens (tertiary/aromatic N) is 6. The zero-order chi connectivity index (χ0) is 25.4. The van der Waals surface area contributed by atoms with Crippen LogP contribution in [0, 0.1) is 11.6 Å². The van der Waals surface area contributed by atoms with Gasteiger partial charge in [0.1, 0.15) is 22.8 Å². The zero-order valence-electron chi connectivity index (χ0n) is 20.9. The second kappa shape index (κ2) is 9.87. The van der Waals surface area contributed by atoms with Crippen LogP contribution in [0.25, 0.3) is 22.2 Å². The van der Waals surface area contributed by atoms with Gasteiger partial charge in [-0.25, -0.2) is 23.7 Å². The van der Waals surface area contributed by atoms with Crippen molar-refractivity contribution in [3.05, 3.63) is 59.0 Å². The third kappa shape index (κ3) is 4.66. The molecule has 36 heavy (non-hydrogen) atoms. The van der Waals surface area contributed by atoms with Gasteiger partial charge in [-0.2, -0.15) is 5.10 Å². The molecular weight excluding hydrogens is 462 g/mol. The van der Waals surface area contributed by atoms with Crippen LogP contribution in [0.1, 0.15) is 36.7 Å². The number of anilines is 2. The predicted octanol–water partition coefficient (Wildman–Crippen LogP) is 4.15. The maximum absolute atomic E-state index is 15.0. The molecule has 0 fully saturated rings. The molecule has 3 aromatic heterocycles. The van der Waals surface area contributed by atoms with E-state index in [1.54, 1.807) is 13.1 Å². The second-order valence-corrected chi connectivity index (χ2v) is 9.46. The molecular formula is C26H30F2N8. The van der Waals surface area contributed by atoms with E-state index >= 15 is 4.39 Å². The van der Waals surface area contributed by atoms with Crippen molar-refractivity contribution in [1.82, 2.24) is 34.9 Å². The molecule has 1 aliphatic heterocycles. The number of likely N-dealkylation sites (N-methyl/N-ethyl adjacent to an activating group) is 1. The number of nitrogens with one attached hydrogen (secondary N) is 2. The number of benzene rings is 1. The second-order valence-electron chi connectivity index (χ2n) is 9.46. The molecule has 4 aromatic rings. The van der Waals surface area contributed by atoms with Crippen LogP contribution in [0.15, 0.2) is 30.5 Å². The van der Waals surface area contributed by atoms with Gasteiger partial charge in [-0.05, 0) is 36.7 Å². The fraction of sp³-hybridized carbons (Fsp3) is 0.385. The highest BCUT2D eigenvalue weighted by atomic mass is 19.1. The summed E-state index contributed by atoms with van der Waals surface area (Å²) in [6, 6.07) is 6.97. The lowest BCUT2D eigenvalue weighted by Crippen LogP contribution is -2.35. The maximum Gasteiger partial charge on any atom is 0.229 e. The van der Waals surface area contributed by atoms with E-state index in [9.17, 15) is 4.39 Å². The Labute approximate surface area is 208 Å². The molecule has 4 heterocycles. The summed E-state index contributed by atoms with van der Waals surface area (Å²) in [4.78, 5) is 15.6. The standard InChI is InChI=1S/C26H30F2N8/c1-15(2)23-18-11-17(12-19(27)25(18)35(4)34-23)24-20(28)13-30-26(33-24)32-22-6-5-16-14-36(10-8-29-3)9-7-21(16)31-22/h5-6,11-13,15,29H,7-10,14H2,1-4H3,(H,30,31,32,33). The van der Waals surface area contributed by atoms with Gasteiger partial charge < -0.3 is 10.6 Å². The number of hydrogen-bond acceptors (Lipinski definition) is 7. The molecule has 0 unspecified atom stereocenters. The molecule has 0 aliphatic carbocycles. The predicted molar refractivity (Wildman–Crippen MR) is 136 cm³/mol. The number of hydrogen-bond donors (Lipinski definition) is 2. The lowest BCUT2D eigenvalue weighted by Gasteiger charge is -2.28. The summed E-state index contributed by atoms with van der Waals surface area (Å²) in [5, 5.41) is 11.4. The topological polar surface area (TPSA) is 83.8 Å². The van der Waals surface area contributed by atoms with Gasteiger partial charge in [0, 0.05) is 56.3 Å². The Hall–Kier alpha value is -3.50. The van der Waals surface area contributed by atoms with Crippen molar-refractivity contribution in [3.63, 3.8) is 0 Å². The molecule has 0 spiro atoms. The Morgan fingerprint density at radius 3 is 2.72 bits per heavy atom. The smallest absolute Gasteiger partial charge is 0.229 e. The molecule has 0 atom stereocenters. The van der Waals surface area contributed by atoms with E-state index in [1.807, 2.05) is 27.0 Å². The van der Waals surface area contributed by atoms with Crippen LogP contribution >= 0.6 is 0 Å². The first kappa shape index (κ1) is 24.2. The fourth-order valence-corrected chi connectivity index (χ4v) is 4.70. The van der Waals surface area contributed by atoms with Gasteiger partial charge in [-0.15, -0.1) is 0 Å². The molecule has 0 saturated heterocycles. The third-order valence-electron chi connectivity index (χ3n) is 6.53. The SMILES string of the molecule is CNCCN1CCc2nc(Nc3ncc(F)c(-c4cc(F)c5c(c4)c(C(C)C)nn5C)n3)ccc2C1. The van der Waals surface area contributed by atoms with Crippen molar-refractivity contribution >= 4 is 22.7 Å². The molecule has 0 saturated carbocycles. The highest BCUT2D eigenvalue weighted by molar-refractivity contribution is 5.87. The van der Waals surface area contributed by atoms with Gasteiger partial charge in [0.15, 0.2) is 5.82 Å². The molecule has 8 nitrogen and oxygen atoms in total. The molecule has 188 valence electrons. The lowest BCUT2D eigenvalue weighted by molar-refractivity contribution is 0.254. The van der Waals surface area contributed by atoms with Crippen molar-refractivity contribution in [1.29, 1.82) is 0 Å². The number of halogens is 2. The maximum atomic E-state index is 15.0. The Morgan fingerprint density at radius 2 is 1.94 bits per heavy atom. The van der Waals surface area contributed by atoms with Gasteiger partial charge in [0.2, 0.25) is 5.95 Å². The molecule has 0 radical (unpaired) electrons. The molecule has 0 amide bonds. The quantitative estimate of drug-likeness (QED) is 0.401. The van der Waals surface area contributed by atoms with E-state index in [4.69, 9.17) is 4.98 Å². The van der Waals surface area contributed by atoms with E-state index in [1.165, 1.54) is 16.3 Å². The van der Waals surface area contributed by atoms with Gasteiger partial charge in [0.25, 0.3) is 0 Å². The van der Waals surface area contributed by atoms with E-state index in [0.29, 0.717) is 22.3 Å². The van der Waals surface area contributed by atoms with Crippen molar-refractivity contribution in [3.8, 4) is 11.3 Å². The Morgan fingerprint density at radius 1 is 1.11 bits per heavy atom. The summed E-state index contributed by atoms with van der Waals surface area (Å²) in [6.07, 6.45) is 1.95. The average molecular weight is 493 g/mol. The van der Waals surface area contributed by atoms with E-state index in [2.05, 4.69) is 36.7 Å². The van der Waals surface area contributed by atoms with Crippen LogP contribution in [-0.2, 0) is 20.0 Å². The number of pyridine rings is 1. The first-order valence-corrected chi connectivity index (χ1v) is 12.2. The zero-order valence-corrected chi connectivity index (χ0v) is 20.9. The summed E-state index contributed by atoms with van der Waals surface area (Å²) in [5.74, 6) is -0.236. The lowest BCUT2D eigenvalue weighted by atomic mass is 10.0. The number of fused-ring (bicyclic) bond motifs is 2. The molecule has 10 heteroatoms. The van der Waals surface area contributed by atoms with Crippen LogP contribution in [0.5, 0.6) is 0 Å². The minimum absolute atomic E-state index is 0.0185. The summed E-state index contributed by atoms with van der Waals surface area (Å²) >= 11 is 0. The van der Waals surface area contributed by atoms with E-state index in [0.717, 1.165) is 50.2 Å². The van der Waals surface area contributed by atoms with Crippen molar-refractivity contribution in [2.75, 3.05) is 32.0 Å². The van der Waals surface area contributed by atoms with Crippen LogP contribution in [0.2, 0.25) is 0 Å². The molecule has 0 bridgehead atoms. The highest BCUT2D eigenvalue weighted by Crippen LogP contribution is 2.32. The first-order valence-electron chi connectivity index (χ1n) is 12.2. The normalized spacial score (nSPS) is 14.0. The van der Waals surface area contributed by atoms with E-state index in [-0.39, 0.29) is 17.6 Å². The van der Waals surface area contributed by atoms with Crippen LogP contribution in [-0.4, -0.2) is 56.3 Å². The van der Waals surface area contributed by atoms with Crippen LogP contribution in [0.4, 0.5) is 20.5 Å². The Balaban J connectivity index is 1.43. The Kier molecular flexibility index (Phi) is 6.63. The van der Waals surface area contributed by atoms with Gasteiger partial charge in [0.05, 0.1) is 11.9 Å². The summed E-state index contributed by atoms with van der Waals surface area (Å²) in [5.41, 5.74) is 3.72. The minimum Gasteiger partial charge on any atom is -0.318 e. The minimum atomic E-state index is -0.630. The van der Waals surface area contributed by atoms with Gasteiger partial charge >= 0.3 is 0 Å². The monoisotopic (exact) mass is 492 g/mol. The van der Waals surface area contributed by atoms with Crippen molar-refractivity contribution < 1.29 is 8.78 Å². The molecule has 1 aromatic carbocycles. The van der Waals surface area contributed by atoms with Crippen molar-refractivity contribution in [2.24, 2.45) is 7.05 Å². The molecule has 1 aliphatic rings. The average Bonchev–Trinajstić information content (AvgIpc) is 3.21. The van der Waals surface area contributed by atoms with Gasteiger partial charge in [-0.1, -0.05) is 19.9 Å². The van der Waals surface area contributed by atoms with Crippen LogP contribution < -0.4 is 10.6 Å². The number of aryl methyl sites for hydroxylation is 1. The summed E-state index contributed by atoms with van der Waals surface area (Å²) < 4.78 is 31.4. The first-order chi connectivity index (χ1) is 17.3. The third-order valence-corrected chi connectivity index (χ3v) is 6.53. The molecule has 5 rings (SSSR count). The summed E-state index contributed by atoms with van der Waals surface area (Å²) in [7, 11) is 3.66.